The molecule has 12 rings (SSSR count). The molecule has 0 aliphatic carbocycles. The molecule has 290 valence electrons. The van der Waals surface area contributed by atoms with Gasteiger partial charge in [0.15, 0.2) is 17.5 Å². The number of rotatable bonds is 7. The molecule has 0 amide bonds. The van der Waals surface area contributed by atoms with Crippen LogP contribution in [-0.4, -0.2) is 15.0 Å². The maximum Gasteiger partial charge on any atom is 0.164 e. The average molecular weight is 826 g/mol. The Bertz CT molecular complexity index is 3410. The van der Waals surface area contributed by atoms with Crippen molar-refractivity contribution < 1.29 is 0 Å². The lowest BCUT2D eigenvalue weighted by Gasteiger charge is -2.14. The predicted octanol–water partition coefficient (Wildman–Crippen LogP) is 16.3. The van der Waals surface area contributed by atoms with E-state index in [2.05, 4.69) is 176 Å². The van der Waals surface area contributed by atoms with Crippen LogP contribution in [0.15, 0.2) is 212 Å². The Hall–Kier alpha value is -7.57. The van der Waals surface area contributed by atoms with E-state index < -0.39 is 0 Å². The third-order valence-electron chi connectivity index (χ3n) is 11.7. The zero-order valence-corrected chi connectivity index (χ0v) is 35.0. The van der Waals surface area contributed by atoms with E-state index in [1.165, 1.54) is 62.6 Å². The van der Waals surface area contributed by atoms with Crippen LogP contribution >= 0.6 is 22.7 Å². The predicted molar refractivity (Wildman–Crippen MR) is 264 cm³/mol. The Balaban J connectivity index is 1.06. The SMILES string of the molecule is c1ccc(-c2nc(-c3ccccc3)nc(-c3cc(-c4cccc(-c5cccc6sc7ccccc7c56)c4)cc(-c4cccc(-c5cccc6sc7ccccc7c56)c4)c3)n2)cc1. The number of hydrogen-bond acceptors (Lipinski definition) is 5. The standard InChI is InChI=1S/C57H35N3S2/c1-3-15-36(16-4-1)55-58-56(37-17-5-2-6-18-37)60-57(59-55)44-34-42(38-19-11-21-40(31-38)45-25-13-29-51-53(45)47-23-7-9-27-49(47)61-51)33-43(35-44)39-20-12-22-41(32-39)46-26-14-30-52-54(46)48-24-8-10-28-50(48)62-52/h1-35H. The molecule has 0 saturated heterocycles. The summed E-state index contributed by atoms with van der Waals surface area (Å²) in [5.74, 6) is 1.90. The van der Waals surface area contributed by atoms with Gasteiger partial charge in [-0.2, -0.15) is 0 Å². The van der Waals surface area contributed by atoms with Gasteiger partial charge >= 0.3 is 0 Å². The van der Waals surface area contributed by atoms with Crippen molar-refractivity contribution in [2.75, 3.05) is 0 Å². The highest BCUT2D eigenvalue weighted by molar-refractivity contribution is 7.26. The second kappa shape index (κ2) is 15.2. The van der Waals surface area contributed by atoms with Crippen molar-refractivity contribution in [3.8, 4) is 78.7 Å². The summed E-state index contributed by atoms with van der Waals surface area (Å²) in [5.41, 5.74) is 12.0. The van der Waals surface area contributed by atoms with Crippen molar-refractivity contribution in [3.63, 3.8) is 0 Å². The molecule has 0 aliphatic heterocycles. The van der Waals surface area contributed by atoms with Crippen LogP contribution in [0.3, 0.4) is 0 Å². The lowest BCUT2D eigenvalue weighted by Crippen LogP contribution is -2.00. The van der Waals surface area contributed by atoms with E-state index in [-0.39, 0.29) is 0 Å². The topological polar surface area (TPSA) is 38.7 Å². The number of fused-ring (bicyclic) bond motifs is 6. The molecule has 0 aliphatic rings. The number of aromatic nitrogens is 3. The lowest BCUT2D eigenvalue weighted by atomic mass is 9.91. The molecule has 0 bridgehead atoms. The highest BCUT2D eigenvalue weighted by Crippen LogP contribution is 2.43. The summed E-state index contributed by atoms with van der Waals surface area (Å²) in [5, 5.41) is 5.19. The third kappa shape index (κ3) is 6.47. The minimum atomic E-state index is 0.622. The van der Waals surface area contributed by atoms with Crippen molar-refractivity contribution >= 4 is 63.0 Å². The van der Waals surface area contributed by atoms with Gasteiger partial charge in [0.2, 0.25) is 0 Å². The molecular weight excluding hydrogens is 791 g/mol. The van der Waals surface area contributed by atoms with Crippen LogP contribution in [-0.2, 0) is 0 Å². The summed E-state index contributed by atoms with van der Waals surface area (Å²) in [6.07, 6.45) is 0. The van der Waals surface area contributed by atoms with Gasteiger partial charge in [-0.25, -0.2) is 15.0 Å². The van der Waals surface area contributed by atoms with Gasteiger partial charge in [-0.15, -0.1) is 22.7 Å². The van der Waals surface area contributed by atoms with Crippen molar-refractivity contribution in [1.82, 2.24) is 15.0 Å². The minimum absolute atomic E-state index is 0.622. The largest absolute Gasteiger partial charge is 0.208 e. The van der Waals surface area contributed by atoms with Crippen LogP contribution in [0.2, 0.25) is 0 Å². The number of nitrogens with zero attached hydrogens (tertiary/aromatic N) is 3. The Morgan fingerprint density at radius 1 is 0.242 bits per heavy atom. The second-order valence-corrected chi connectivity index (χ2v) is 17.7. The summed E-state index contributed by atoms with van der Waals surface area (Å²) < 4.78 is 5.19. The molecule has 3 aromatic heterocycles. The number of hydrogen-bond donors (Lipinski definition) is 0. The van der Waals surface area contributed by atoms with E-state index in [1.807, 2.05) is 59.1 Å². The normalized spacial score (nSPS) is 11.5. The summed E-state index contributed by atoms with van der Waals surface area (Å²) in [4.78, 5) is 15.4. The van der Waals surface area contributed by atoms with Gasteiger partial charge in [0.1, 0.15) is 0 Å². The van der Waals surface area contributed by atoms with Gasteiger partial charge < -0.3 is 0 Å². The quantitative estimate of drug-likeness (QED) is 0.161. The fourth-order valence-electron chi connectivity index (χ4n) is 8.79. The molecule has 3 nitrogen and oxygen atoms in total. The first kappa shape index (κ1) is 36.3. The van der Waals surface area contributed by atoms with Gasteiger partial charge in [0, 0.05) is 57.0 Å². The number of thiophene rings is 2. The van der Waals surface area contributed by atoms with Crippen LogP contribution in [0, 0.1) is 0 Å². The Morgan fingerprint density at radius 2 is 0.581 bits per heavy atom. The highest BCUT2D eigenvalue weighted by Gasteiger charge is 2.18. The Kier molecular flexibility index (Phi) is 8.87. The van der Waals surface area contributed by atoms with E-state index >= 15 is 0 Å². The van der Waals surface area contributed by atoms with Crippen molar-refractivity contribution in [3.05, 3.63) is 212 Å². The van der Waals surface area contributed by atoms with E-state index in [0.29, 0.717) is 17.5 Å². The molecule has 0 spiro atoms. The van der Waals surface area contributed by atoms with E-state index in [4.69, 9.17) is 15.0 Å². The Labute approximate surface area is 366 Å². The molecule has 62 heavy (non-hydrogen) atoms. The molecule has 0 radical (unpaired) electrons. The van der Waals surface area contributed by atoms with E-state index in [9.17, 15) is 0 Å². The maximum absolute atomic E-state index is 5.19. The highest BCUT2D eigenvalue weighted by atomic mass is 32.1. The first-order valence-electron chi connectivity index (χ1n) is 20.7. The fraction of sp³-hybridized carbons (Fsp3) is 0. The summed E-state index contributed by atoms with van der Waals surface area (Å²) in [7, 11) is 0. The molecule has 0 atom stereocenters. The summed E-state index contributed by atoms with van der Waals surface area (Å²) in [6.45, 7) is 0. The monoisotopic (exact) mass is 825 g/mol. The van der Waals surface area contributed by atoms with Crippen molar-refractivity contribution in [1.29, 1.82) is 0 Å². The van der Waals surface area contributed by atoms with Crippen LogP contribution in [0.25, 0.3) is 119 Å². The van der Waals surface area contributed by atoms with Crippen LogP contribution in [0.1, 0.15) is 0 Å². The van der Waals surface area contributed by atoms with E-state index in [0.717, 1.165) is 38.9 Å². The molecule has 0 fully saturated rings. The molecule has 9 aromatic carbocycles. The summed E-state index contributed by atoms with van der Waals surface area (Å²) >= 11 is 3.70. The zero-order chi connectivity index (χ0) is 41.0. The van der Waals surface area contributed by atoms with Crippen LogP contribution in [0.4, 0.5) is 0 Å². The molecule has 5 heteroatoms. The van der Waals surface area contributed by atoms with Crippen LogP contribution in [0.5, 0.6) is 0 Å². The molecule has 0 unspecified atom stereocenters. The van der Waals surface area contributed by atoms with E-state index in [1.54, 1.807) is 0 Å². The Morgan fingerprint density at radius 3 is 1.06 bits per heavy atom. The molecule has 12 aromatic rings. The fourth-order valence-corrected chi connectivity index (χ4v) is 11.1. The van der Waals surface area contributed by atoms with Crippen molar-refractivity contribution in [2.45, 2.75) is 0 Å². The van der Waals surface area contributed by atoms with Crippen molar-refractivity contribution in [2.24, 2.45) is 0 Å². The summed E-state index contributed by atoms with van der Waals surface area (Å²) in [6, 6.07) is 75.9. The number of benzene rings is 9. The third-order valence-corrected chi connectivity index (χ3v) is 14.0. The molecular formula is C57H35N3S2. The maximum atomic E-state index is 5.19. The van der Waals surface area contributed by atoms with Gasteiger partial charge in [0.25, 0.3) is 0 Å². The second-order valence-electron chi connectivity index (χ2n) is 15.6. The lowest BCUT2D eigenvalue weighted by molar-refractivity contribution is 1.07. The average Bonchev–Trinajstić information content (AvgIpc) is 3.93. The molecule has 0 N–H and O–H groups in total. The van der Waals surface area contributed by atoms with Crippen LogP contribution < -0.4 is 0 Å². The first-order chi connectivity index (χ1) is 30.7. The van der Waals surface area contributed by atoms with Gasteiger partial charge in [-0.1, -0.05) is 158 Å². The minimum Gasteiger partial charge on any atom is -0.208 e. The smallest absolute Gasteiger partial charge is 0.164 e. The van der Waals surface area contributed by atoms with Gasteiger partial charge in [-0.3, -0.25) is 0 Å². The molecule has 0 saturated carbocycles. The van der Waals surface area contributed by atoms with Gasteiger partial charge in [0.05, 0.1) is 0 Å². The first-order valence-corrected chi connectivity index (χ1v) is 22.4. The van der Waals surface area contributed by atoms with Gasteiger partial charge in [-0.05, 0) is 99.1 Å². The molecule has 3 heterocycles. The zero-order valence-electron chi connectivity index (χ0n) is 33.4.